The third-order valence-electron chi connectivity index (χ3n) is 2.95. The topological polar surface area (TPSA) is 12.0 Å². The number of hydrogen-bond donors (Lipinski definition) is 1. The predicted molar refractivity (Wildman–Crippen MR) is 73.1 cm³/mol. The summed E-state index contributed by atoms with van der Waals surface area (Å²) in [7, 11) is 0. The molecule has 0 radical (unpaired) electrons. The molecule has 1 aliphatic rings. The van der Waals surface area contributed by atoms with Crippen LogP contribution in [0.4, 0.5) is 18.9 Å². The second-order valence-corrected chi connectivity index (χ2v) is 6.74. The fourth-order valence-corrected chi connectivity index (χ4v) is 3.66. The molecule has 1 aromatic rings. The first-order valence-corrected chi connectivity index (χ1v) is 7.46. The maximum atomic E-state index is 12.7. The minimum atomic E-state index is -4.31. The number of thioether (sulfide) groups is 1. The molecule has 1 fully saturated rings. The number of benzene rings is 1. The summed E-state index contributed by atoms with van der Waals surface area (Å²) in [5.41, 5.74) is -0.103. The lowest BCUT2D eigenvalue weighted by atomic mass is 10.1. The fraction of sp³-hybridized carbons (Fsp3) is 0.500. The molecule has 18 heavy (non-hydrogen) atoms. The number of hydrogen-bond acceptors (Lipinski definition) is 2. The SMILES string of the molecule is CC1SCCC1Nc1cc(Br)cc(C(F)(F)F)c1. The Morgan fingerprint density at radius 2 is 2.06 bits per heavy atom. The van der Waals surface area contributed by atoms with Crippen LogP contribution < -0.4 is 5.32 Å². The highest BCUT2D eigenvalue weighted by atomic mass is 79.9. The first kappa shape index (κ1) is 14.1. The number of alkyl halides is 3. The van der Waals surface area contributed by atoms with Gasteiger partial charge in [-0.25, -0.2) is 0 Å². The highest BCUT2D eigenvalue weighted by molar-refractivity contribution is 9.10. The average Bonchev–Trinajstić information content (AvgIpc) is 2.62. The van der Waals surface area contributed by atoms with Crippen LogP contribution in [0, 0.1) is 0 Å². The average molecular weight is 340 g/mol. The van der Waals surface area contributed by atoms with Crippen LogP contribution in [0.1, 0.15) is 18.9 Å². The van der Waals surface area contributed by atoms with Crippen LogP contribution in [0.5, 0.6) is 0 Å². The smallest absolute Gasteiger partial charge is 0.381 e. The molecule has 0 amide bonds. The molecule has 0 bridgehead atoms. The van der Waals surface area contributed by atoms with Crippen molar-refractivity contribution in [3.63, 3.8) is 0 Å². The quantitative estimate of drug-likeness (QED) is 0.832. The van der Waals surface area contributed by atoms with E-state index >= 15 is 0 Å². The van der Waals surface area contributed by atoms with Crippen molar-refractivity contribution in [1.82, 2.24) is 0 Å². The van der Waals surface area contributed by atoms with Gasteiger partial charge in [-0.05, 0) is 30.4 Å². The highest BCUT2D eigenvalue weighted by Crippen LogP contribution is 2.35. The number of nitrogens with one attached hydrogen (secondary N) is 1. The maximum absolute atomic E-state index is 12.7. The van der Waals surface area contributed by atoms with E-state index in [2.05, 4.69) is 28.2 Å². The normalized spacial score (nSPS) is 24.3. The van der Waals surface area contributed by atoms with E-state index in [1.165, 1.54) is 6.07 Å². The van der Waals surface area contributed by atoms with Crippen molar-refractivity contribution in [3.8, 4) is 0 Å². The lowest BCUT2D eigenvalue weighted by Crippen LogP contribution is -2.24. The molecule has 0 aliphatic carbocycles. The van der Waals surface area contributed by atoms with Gasteiger partial charge < -0.3 is 5.32 Å². The maximum Gasteiger partial charge on any atom is 0.416 e. The molecule has 0 saturated carbocycles. The molecule has 0 aromatic heterocycles. The van der Waals surface area contributed by atoms with Crippen LogP contribution in [0.2, 0.25) is 0 Å². The molecule has 1 aliphatic heterocycles. The summed E-state index contributed by atoms with van der Waals surface area (Å²) in [6, 6.07) is 4.19. The van der Waals surface area contributed by atoms with Crippen LogP contribution in [-0.4, -0.2) is 17.0 Å². The molecule has 0 spiro atoms. The second-order valence-electron chi connectivity index (χ2n) is 4.34. The van der Waals surface area contributed by atoms with Crippen LogP contribution in [0.25, 0.3) is 0 Å². The Morgan fingerprint density at radius 1 is 1.33 bits per heavy atom. The zero-order valence-electron chi connectivity index (χ0n) is 9.72. The lowest BCUT2D eigenvalue weighted by molar-refractivity contribution is -0.137. The summed E-state index contributed by atoms with van der Waals surface area (Å²) < 4.78 is 38.5. The molecule has 1 saturated heterocycles. The zero-order valence-corrected chi connectivity index (χ0v) is 12.1. The van der Waals surface area contributed by atoms with Crippen molar-refractivity contribution >= 4 is 33.4 Å². The zero-order chi connectivity index (χ0) is 13.3. The van der Waals surface area contributed by atoms with Crippen LogP contribution >= 0.6 is 27.7 Å². The third-order valence-corrected chi connectivity index (χ3v) is 4.74. The van der Waals surface area contributed by atoms with Crippen molar-refractivity contribution in [1.29, 1.82) is 0 Å². The summed E-state index contributed by atoms with van der Waals surface area (Å²) in [6.07, 6.45) is -3.32. The largest absolute Gasteiger partial charge is 0.416 e. The summed E-state index contributed by atoms with van der Waals surface area (Å²) in [4.78, 5) is 0. The molecule has 1 heterocycles. The van der Waals surface area contributed by atoms with Crippen LogP contribution in [-0.2, 0) is 6.18 Å². The van der Waals surface area contributed by atoms with E-state index in [0.717, 1.165) is 18.2 Å². The van der Waals surface area contributed by atoms with Gasteiger partial charge in [0, 0.05) is 21.5 Å². The molecule has 1 aromatic carbocycles. The van der Waals surface area contributed by atoms with Crippen LogP contribution in [0.3, 0.4) is 0 Å². The monoisotopic (exact) mass is 339 g/mol. The Kier molecular flexibility index (Phi) is 4.16. The molecule has 1 N–H and O–H groups in total. The van der Waals surface area contributed by atoms with Crippen molar-refractivity contribution < 1.29 is 13.2 Å². The van der Waals surface area contributed by atoms with Gasteiger partial charge >= 0.3 is 6.18 Å². The standard InChI is InChI=1S/C12H13BrF3NS/c1-7-11(2-3-18-7)17-10-5-8(12(14,15)16)4-9(13)6-10/h4-7,11,17H,2-3H2,1H3. The number of anilines is 1. The molecule has 2 atom stereocenters. The van der Waals surface area contributed by atoms with Gasteiger partial charge in [0.05, 0.1) is 5.56 Å². The lowest BCUT2D eigenvalue weighted by Gasteiger charge is -2.19. The molecular formula is C12H13BrF3NS. The number of halogens is 4. The predicted octanol–water partition coefficient (Wildman–Crippen LogP) is 4.77. The van der Waals surface area contributed by atoms with Crippen LogP contribution in [0.15, 0.2) is 22.7 Å². The summed E-state index contributed by atoms with van der Waals surface area (Å²) in [6.45, 7) is 2.10. The van der Waals surface area contributed by atoms with E-state index in [1.807, 2.05) is 11.8 Å². The molecule has 6 heteroatoms. The summed E-state index contributed by atoms with van der Waals surface area (Å²) in [5, 5.41) is 3.62. The van der Waals surface area contributed by atoms with E-state index in [9.17, 15) is 13.2 Å². The van der Waals surface area contributed by atoms with Gasteiger partial charge in [0.15, 0.2) is 0 Å². The van der Waals surface area contributed by atoms with E-state index in [1.54, 1.807) is 6.07 Å². The first-order chi connectivity index (χ1) is 8.36. The van der Waals surface area contributed by atoms with Gasteiger partial charge in [0.1, 0.15) is 0 Å². The van der Waals surface area contributed by atoms with Gasteiger partial charge in [0.25, 0.3) is 0 Å². The van der Waals surface area contributed by atoms with Gasteiger partial charge in [-0.2, -0.15) is 24.9 Å². The van der Waals surface area contributed by atoms with E-state index < -0.39 is 11.7 Å². The molecule has 2 unspecified atom stereocenters. The molecular weight excluding hydrogens is 327 g/mol. The Morgan fingerprint density at radius 3 is 2.61 bits per heavy atom. The van der Waals surface area contributed by atoms with Gasteiger partial charge in [0.2, 0.25) is 0 Å². The van der Waals surface area contributed by atoms with E-state index in [-0.39, 0.29) is 6.04 Å². The second kappa shape index (κ2) is 5.33. The molecule has 2 rings (SSSR count). The Balaban J connectivity index is 2.20. The van der Waals surface area contributed by atoms with Crippen molar-refractivity contribution in [2.24, 2.45) is 0 Å². The third kappa shape index (κ3) is 3.35. The van der Waals surface area contributed by atoms with Gasteiger partial charge in [-0.3, -0.25) is 0 Å². The molecule has 100 valence electrons. The number of rotatable bonds is 2. The van der Waals surface area contributed by atoms with Crippen molar-refractivity contribution in [2.75, 3.05) is 11.1 Å². The van der Waals surface area contributed by atoms with Crippen molar-refractivity contribution in [2.45, 2.75) is 30.8 Å². The van der Waals surface area contributed by atoms with E-state index in [4.69, 9.17) is 0 Å². The first-order valence-electron chi connectivity index (χ1n) is 5.62. The van der Waals surface area contributed by atoms with Crippen molar-refractivity contribution in [3.05, 3.63) is 28.2 Å². The molecule has 1 nitrogen and oxygen atoms in total. The Bertz CT molecular complexity index is 436. The minimum absolute atomic E-state index is 0.241. The van der Waals surface area contributed by atoms with E-state index in [0.29, 0.717) is 15.4 Å². The van der Waals surface area contributed by atoms with Gasteiger partial charge in [-0.1, -0.05) is 22.9 Å². The fourth-order valence-electron chi connectivity index (χ4n) is 1.97. The van der Waals surface area contributed by atoms with Gasteiger partial charge in [-0.15, -0.1) is 0 Å². The Hall–Kier alpha value is -0.360. The highest BCUT2D eigenvalue weighted by Gasteiger charge is 2.31. The minimum Gasteiger partial charge on any atom is -0.381 e. The summed E-state index contributed by atoms with van der Waals surface area (Å²) >= 11 is 4.97. The summed E-state index contributed by atoms with van der Waals surface area (Å²) in [5.74, 6) is 1.05. The Labute approximate surface area is 117 Å².